The van der Waals surface area contributed by atoms with Crippen molar-refractivity contribution in [2.45, 2.75) is 18.2 Å². The molecule has 0 saturated heterocycles. The third-order valence-electron chi connectivity index (χ3n) is 5.61. The van der Waals surface area contributed by atoms with Gasteiger partial charge in [0.15, 0.2) is 6.61 Å². The molecule has 35 heavy (non-hydrogen) atoms. The molecule has 0 atom stereocenters. The number of hydrogen-bond donors (Lipinski definition) is 1. The largest absolute Gasteiger partial charge is 0.496 e. The predicted octanol–water partition coefficient (Wildman–Crippen LogP) is 3.69. The van der Waals surface area contributed by atoms with Crippen LogP contribution in [0.1, 0.15) is 21.5 Å². The van der Waals surface area contributed by atoms with E-state index in [0.717, 1.165) is 11.6 Å². The second kappa shape index (κ2) is 9.75. The van der Waals surface area contributed by atoms with E-state index in [9.17, 15) is 22.4 Å². The summed E-state index contributed by atoms with van der Waals surface area (Å²) in [5.74, 6) is -2.01. The zero-order valence-corrected chi connectivity index (χ0v) is 19.9. The van der Waals surface area contributed by atoms with Gasteiger partial charge in [-0.3, -0.25) is 9.10 Å². The number of amides is 1. The summed E-state index contributed by atoms with van der Waals surface area (Å²) in [7, 11) is -2.63. The Labute approximate surface area is 202 Å². The standard InChI is InChI=1S/C25H23FN2O6S/c1-16-7-8-18(13-21(16)26)27-24(29)15-34-25(30)20-14-19(9-10-23(20)33-2)35(31,32)28-12-11-17-5-3-4-6-22(17)28/h3-10,13-14H,11-12,15H2,1-2H3,(H,27,29). The minimum absolute atomic E-state index is 0.0942. The molecular formula is C25H23FN2O6S. The Morgan fingerprint density at radius 3 is 2.60 bits per heavy atom. The second-order valence-electron chi connectivity index (χ2n) is 7.91. The molecule has 1 amide bonds. The van der Waals surface area contributed by atoms with Crippen molar-refractivity contribution in [3.8, 4) is 5.75 Å². The fourth-order valence-corrected chi connectivity index (χ4v) is 5.30. The lowest BCUT2D eigenvalue weighted by molar-refractivity contribution is -0.119. The van der Waals surface area contributed by atoms with Crippen molar-refractivity contribution in [3.63, 3.8) is 0 Å². The van der Waals surface area contributed by atoms with Gasteiger partial charge in [0, 0.05) is 12.2 Å². The number of nitrogens with one attached hydrogen (secondary N) is 1. The van der Waals surface area contributed by atoms with Crippen LogP contribution in [0.4, 0.5) is 15.8 Å². The molecule has 182 valence electrons. The number of nitrogens with zero attached hydrogens (tertiary/aromatic N) is 1. The summed E-state index contributed by atoms with van der Waals surface area (Å²) >= 11 is 0. The van der Waals surface area contributed by atoms with Crippen LogP contribution in [0, 0.1) is 12.7 Å². The van der Waals surface area contributed by atoms with Gasteiger partial charge in [-0.15, -0.1) is 0 Å². The number of methoxy groups -OCH3 is 1. The van der Waals surface area contributed by atoms with Gasteiger partial charge in [-0.25, -0.2) is 17.6 Å². The second-order valence-corrected chi connectivity index (χ2v) is 9.77. The highest BCUT2D eigenvalue weighted by atomic mass is 32.2. The van der Waals surface area contributed by atoms with Crippen LogP contribution in [-0.4, -0.2) is 40.6 Å². The van der Waals surface area contributed by atoms with Crippen LogP contribution in [0.2, 0.25) is 0 Å². The van der Waals surface area contributed by atoms with Gasteiger partial charge in [-0.2, -0.15) is 0 Å². The van der Waals surface area contributed by atoms with E-state index in [1.807, 2.05) is 12.1 Å². The average molecular weight is 499 g/mol. The van der Waals surface area contributed by atoms with Crippen molar-refractivity contribution >= 4 is 33.3 Å². The van der Waals surface area contributed by atoms with Crippen LogP contribution in [0.5, 0.6) is 5.75 Å². The number of sulfonamides is 1. The molecule has 4 rings (SSSR count). The number of halogens is 1. The maximum absolute atomic E-state index is 13.7. The molecule has 1 aliphatic heterocycles. The molecule has 0 spiro atoms. The van der Waals surface area contributed by atoms with Crippen LogP contribution in [-0.2, 0) is 26.0 Å². The van der Waals surface area contributed by atoms with Gasteiger partial charge in [0.05, 0.1) is 17.7 Å². The minimum atomic E-state index is -3.96. The van der Waals surface area contributed by atoms with Crippen molar-refractivity contribution in [1.29, 1.82) is 0 Å². The molecule has 0 aliphatic carbocycles. The van der Waals surface area contributed by atoms with E-state index in [-0.39, 0.29) is 28.4 Å². The zero-order valence-electron chi connectivity index (χ0n) is 19.1. The highest BCUT2D eigenvalue weighted by Gasteiger charge is 2.32. The maximum atomic E-state index is 13.7. The zero-order chi connectivity index (χ0) is 25.2. The number of para-hydroxylation sites is 1. The number of esters is 1. The van der Waals surface area contributed by atoms with Crippen LogP contribution in [0.25, 0.3) is 0 Å². The summed E-state index contributed by atoms with van der Waals surface area (Å²) < 4.78 is 51.9. The number of fused-ring (bicyclic) bond motifs is 1. The molecule has 0 saturated carbocycles. The van der Waals surface area contributed by atoms with Gasteiger partial charge in [0.2, 0.25) is 0 Å². The fourth-order valence-electron chi connectivity index (χ4n) is 3.77. The topological polar surface area (TPSA) is 102 Å². The van der Waals surface area contributed by atoms with Gasteiger partial charge in [0.25, 0.3) is 15.9 Å². The first-order valence-electron chi connectivity index (χ1n) is 10.7. The molecule has 0 fully saturated rings. The van der Waals surface area contributed by atoms with Crippen LogP contribution in [0.15, 0.2) is 65.6 Å². The Kier molecular flexibility index (Phi) is 6.74. The van der Waals surface area contributed by atoms with Crippen molar-refractivity contribution in [1.82, 2.24) is 0 Å². The van der Waals surface area contributed by atoms with E-state index >= 15 is 0 Å². The van der Waals surface area contributed by atoms with Crippen molar-refractivity contribution < 1.29 is 31.9 Å². The molecular weight excluding hydrogens is 475 g/mol. The van der Waals surface area contributed by atoms with E-state index in [2.05, 4.69) is 5.32 Å². The number of aryl methyl sites for hydroxylation is 1. The molecule has 1 heterocycles. The summed E-state index contributed by atoms with van der Waals surface area (Å²) in [6.07, 6.45) is 0.584. The summed E-state index contributed by atoms with van der Waals surface area (Å²) in [5.41, 5.74) is 2.01. The molecule has 3 aromatic carbocycles. The summed E-state index contributed by atoms with van der Waals surface area (Å²) in [5, 5.41) is 2.44. The van der Waals surface area contributed by atoms with Crippen LogP contribution in [0.3, 0.4) is 0 Å². The first-order chi connectivity index (χ1) is 16.7. The summed E-state index contributed by atoms with van der Waals surface area (Å²) in [6, 6.07) is 15.3. The van der Waals surface area contributed by atoms with E-state index in [4.69, 9.17) is 9.47 Å². The van der Waals surface area contributed by atoms with Gasteiger partial charge < -0.3 is 14.8 Å². The number of benzene rings is 3. The van der Waals surface area contributed by atoms with E-state index in [1.54, 1.807) is 19.1 Å². The minimum Gasteiger partial charge on any atom is -0.496 e. The molecule has 8 nitrogen and oxygen atoms in total. The van der Waals surface area contributed by atoms with Gasteiger partial charge >= 0.3 is 5.97 Å². The third kappa shape index (κ3) is 4.97. The lowest BCUT2D eigenvalue weighted by Gasteiger charge is -2.20. The number of anilines is 2. The Balaban J connectivity index is 1.51. The quantitative estimate of drug-likeness (QED) is 0.499. The SMILES string of the molecule is COc1ccc(S(=O)(=O)N2CCc3ccccc32)cc1C(=O)OCC(=O)Nc1ccc(C)c(F)c1. The number of carbonyl (C=O) groups is 2. The molecule has 0 bridgehead atoms. The molecule has 0 radical (unpaired) electrons. The van der Waals surface area contributed by atoms with E-state index in [1.165, 1.54) is 41.7 Å². The fraction of sp³-hybridized carbons (Fsp3) is 0.200. The normalized spacial score (nSPS) is 12.7. The molecule has 3 aromatic rings. The Morgan fingerprint density at radius 1 is 1.09 bits per heavy atom. The Morgan fingerprint density at radius 2 is 1.86 bits per heavy atom. The Bertz CT molecular complexity index is 1410. The molecule has 10 heteroatoms. The highest BCUT2D eigenvalue weighted by molar-refractivity contribution is 7.92. The van der Waals surface area contributed by atoms with Gasteiger partial charge in [-0.05, 0) is 60.9 Å². The van der Waals surface area contributed by atoms with E-state index < -0.39 is 34.3 Å². The van der Waals surface area contributed by atoms with E-state index in [0.29, 0.717) is 17.7 Å². The Hall–Kier alpha value is -3.92. The average Bonchev–Trinajstić information content (AvgIpc) is 3.29. The third-order valence-corrected chi connectivity index (χ3v) is 7.42. The lowest BCUT2D eigenvalue weighted by atomic mass is 10.2. The number of rotatable bonds is 7. The van der Waals surface area contributed by atoms with Gasteiger partial charge in [-0.1, -0.05) is 24.3 Å². The van der Waals surface area contributed by atoms with Crippen LogP contribution >= 0.6 is 0 Å². The maximum Gasteiger partial charge on any atom is 0.342 e. The number of ether oxygens (including phenoxy) is 2. The van der Waals surface area contributed by atoms with Crippen LogP contribution < -0.4 is 14.4 Å². The highest BCUT2D eigenvalue weighted by Crippen LogP contribution is 2.34. The lowest BCUT2D eigenvalue weighted by Crippen LogP contribution is -2.29. The smallest absolute Gasteiger partial charge is 0.342 e. The first-order valence-corrected chi connectivity index (χ1v) is 12.2. The molecule has 0 aromatic heterocycles. The van der Waals surface area contributed by atoms with Crippen molar-refractivity contribution in [3.05, 3.63) is 83.2 Å². The van der Waals surface area contributed by atoms with Crippen molar-refractivity contribution in [2.24, 2.45) is 0 Å². The molecule has 1 aliphatic rings. The number of hydrogen-bond acceptors (Lipinski definition) is 6. The van der Waals surface area contributed by atoms with Gasteiger partial charge in [0.1, 0.15) is 17.1 Å². The predicted molar refractivity (Wildman–Crippen MR) is 128 cm³/mol. The monoisotopic (exact) mass is 498 g/mol. The first kappa shape index (κ1) is 24.2. The number of carbonyl (C=O) groups excluding carboxylic acids is 2. The molecule has 0 unspecified atom stereocenters. The molecule has 1 N–H and O–H groups in total. The van der Waals surface area contributed by atoms with Crippen molar-refractivity contribution in [2.75, 3.05) is 29.9 Å². The summed E-state index contributed by atoms with van der Waals surface area (Å²) in [6.45, 7) is 1.22. The summed E-state index contributed by atoms with van der Waals surface area (Å²) in [4.78, 5) is 24.8.